The van der Waals surface area contributed by atoms with E-state index in [1.54, 1.807) is 28.9 Å². The standard InChI is InChI=1S/C19H20FN3O4/c1-13-17(21-12-26-13)18(25)22-8-6-19(7-9-22)11-23(16(24)10-27-19)15-4-2-14(20)3-5-15/h2-5,12H,6-11H2,1H3. The van der Waals surface area contributed by atoms with E-state index in [-0.39, 0.29) is 24.2 Å². The van der Waals surface area contributed by atoms with Crippen molar-refractivity contribution in [3.05, 3.63) is 47.9 Å². The van der Waals surface area contributed by atoms with Crippen LogP contribution in [0, 0.1) is 12.7 Å². The number of oxazole rings is 1. The first-order valence-electron chi connectivity index (χ1n) is 8.87. The number of benzene rings is 1. The van der Waals surface area contributed by atoms with Gasteiger partial charge in [0.25, 0.3) is 11.8 Å². The summed E-state index contributed by atoms with van der Waals surface area (Å²) in [5.74, 6) is -0.145. The number of piperidine rings is 1. The third-order valence-corrected chi connectivity index (χ3v) is 5.30. The van der Waals surface area contributed by atoms with E-state index in [9.17, 15) is 14.0 Å². The Labute approximate surface area is 155 Å². The molecule has 0 atom stereocenters. The van der Waals surface area contributed by atoms with Crippen molar-refractivity contribution in [2.75, 3.05) is 31.1 Å². The number of aryl methyl sites for hydroxylation is 1. The second kappa shape index (κ2) is 6.77. The molecule has 0 aliphatic carbocycles. The van der Waals surface area contributed by atoms with Crippen LogP contribution < -0.4 is 4.90 Å². The summed E-state index contributed by atoms with van der Waals surface area (Å²) in [5, 5.41) is 0. The molecule has 0 bridgehead atoms. The zero-order chi connectivity index (χ0) is 19.0. The molecular weight excluding hydrogens is 353 g/mol. The Morgan fingerprint density at radius 1 is 1.22 bits per heavy atom. The summed E-state index contributed by atoms with van der Waals surface area (Å²) in [4.78, 5) is 32.2. The Kier molecular flexibility index (Phi) is 4.43. The first-order valence-corrected chi connectivity index (χ1v) is 8.87. The number of hydrogen-bond acceptors (Lipinski definition) is 5. The van der Waals surface area contributed by atoms with Crippen molar-refractivity contribution >= 4 is 17.5 Å². The minimum Gasteiger partial charge on any atom is -0.448 e. The number of hydrogen-bond donors (Lipinski definition) is 0. The summed E-state index contributed by atoms with van der Waals surface area (Å²) in [5.41, 5.74) is 0.484. The molecule has 8 heteroatoms. The highest BCUT2D eigenvalue weighted by molar-refractivity contribution is 5.95. The smallest absolute Gasteiger partial charge is 0.276 e. The molecule has 0 unspecified atom stereocenters. The number of ether oxygens (including phenoxy) is 1. The van der Waals surface area contributed by atoms with Crippen molar-refractivity contribution in [2.45, 2.75) is 25.4 Å². The van der Waals surface area contributed by atoms with Gasteiger partial charge in [-0.25, -0.2) is 9.37 Å². The van der Waals surface area contributed by atoms with Crippen molar-refractivity contribution in [3.63, 3.8) is 0 Å². The Bertz CT molecular complexity index is 856. The van der Waals surface area contributed by atoms with Gasteiger partial charge in [-0.2, -0.15) is 0 Å². The number of likely N-dealkylation sites (tertiary alicyclic amines) is 1. The maximum atomic E-state index is 13.2. The lowest BCUT2D eigenvalue weighted by Crippen LogP contribution is -2.59. The van der Waals surface area contributed by atoms with Crippen LogP contribution in [0.15, 0.2) is 35.1 Å². The van der Waals surface area contributed by atoms with Gasteiger partial charge in [-0.15, -0.1) is 0 Å². The highest BCUT2D eigenvalue weighted by Crippen LogP contribution is 2.33. The number of carbonyl (C=O) groups is 2. The van der Waals surface area contributed by atoms with Crippen LogP contribution in [0.5, 0.6) is 0 Å². The number of nitrogens with zero attached hydrogens (tertiary/aromatic N) is 3. The largest absolute Gasteiger partial charge is 0.448 e. The van der Waals surface area contributed by atoms with Crippen LogP contribution in [0.4, 0.5) is 10.1 Å². The lowest BCUT2D eigenvalue weighted by Gasteiger charge is -2.46. The van der Waals surface area contributed by atoms with Gasteiger partial charge in [-0.3, -0.25) is 9.59 Å². The van der Waals surface area contributed by atoms with Gasteiger partial charge in [0.05, 0.1) is 12.1 Å². The molecule has 4 rings (SSSR count). The van der Waals surface area contributed by atoms with E-state index in [1.807, 2.05) is 0 Å². The molecule has 1 aromatic heterocycles. The Morgan fingerprint density at radius 3 is 2.56 bits per heavy atom. The van der Waals surface area contributed by atoms with Gasteiger partial charge in [-0.1, -0.05) is 0 Å². The summed E-state index contributed by atoms with van der Waals surface area (Å²) >= 11 is 0. The lowest BCUT2D eigenvalue weighted by atomic mass is 9.89. The van der Waals surface area contributed by atoms with Gasteiger partial charge < -0.3 is 19.0 Å². The van der Waals surface area contributed by atoms with E-state index in [4.69, 9.17) is 9.15 Å². The average Bonchev–Trinajstić information content (AvgIpc) is 3.11. The second-order valence-electron chi connectivity index (χ2n) is 6.98. The van der Waals surface area contributed by atoms with Crippen LogP contribution in [0.25, 0.3) is 0 Å². The van der Waals surface area contributed by atoms with E-state index in [1.165, 1.54) is 18.5 Å². The zero-order valence-corrected chi connectivity index (χ0v) is 15.0. The zero-order valence-electron chi connectivity index (χ0n) is 15.0. The first-order chi connectivity index (χ1) is 13.0. The number of carbonyl (C=O) groups excluding carboxylic acids is 2. The highest BCUT2D eigenvalue weighted by Gasteiger charge is 2.43. The molecule has 0 N–H and O–H groups in total. The molecule has 142 valence electrons. The molecule has 2 fully saturated rings. The fourth-order valence-electron chi connectivity index (χ4n) is 3.65. The van der Waals surface area contributed by atoms with E-state index < -0.39 is 5.60 Å². The number of morpholine rings is 1. The van der Waals surface area contributed by atoms with Gasteiger partial charge in [0.1, 0.15) is 18.2 Å². The molecular formula is C19H20FN3O4. The normalized spacial score (nSPS) is 19.6. The molecule has 1 spiro atoms. The summed E-state index contributed by atoms with van der Waals surface area (Å²) in [6.45, 7) is 3.10. The van der Waals surface area contributed by atoms with E-state index in [0.29, 0.717) is 49.6 Å². The summed E-state index contributed by atoms with van der Waals surface area (Å²) in [7, 11) is 0. The predicted octanol–water partition coefficient (Wildman–Crippen LogP) is 2.16. The minimum absolute atomic E-state index is 0.0201. The maximum Gasteiger partial charge on any atom is 0.276 e. The predicted molar refractivity (Wildman–Crippen MR) is 93.8 cm³/mol. The van der Waals surface area contributed by atoms with Crippen molar-refractivity contribution in [1.29, 1.82) is 0 Å². The van der Waals surface area contributed by atoms with Crippen LogP contribution in [-0.2, 0) is 9.53 Å². The van der Waals surface area contributed by atoms with Gasteiger partial charge >= 0.3 is 0 Å². The molecule has 2 aliphatic rings. The molecule has 3 heterocycles. The van der Waals surface area contributed by atoms with Crippen LogP contribution in [0.1, 0.15) is 29.1 Å². The third-order valence-electron chi connectivity index (χ3n) is 5.30. The third kappa shape index (κ3) is 3.32. The van der Waals surface area contributed by atoms with Crippen molar-refractivity contribution in [1.82, 2.24) is 9.88 Å². The van der Waals surface area contributed by atoms with E-state index in [0.717, 1.165) is 0 Å². The van der Waals surface area contributed by atoms with Crippen molar-refractivity contribution < 1.29 is 23.1 Å². The number of anilines is 1. The molecule has 0 saturated carbocycles. The SMILES string of the molecule is Cc1ocnc1C(=O)N1CCC2(CC1)CN(c1ccc(F)cc1)C(=O)CO2. The maximum absolute atomic E-state index is 13.2. The molecule has 2 amide bonds. The number of aromatic nitrogens is 1. The van der Waals surface area contributed by atoms with E-state index >= 15 is 0 Å². The summed E-state index contributed by atoms with van der Waals surface area (Å²) in [6, 6.07) is 5.87. The average molecular weight is 373 g/mol. The Morgan fingerprint density at radius 2 is 1.93 bits per heavy atom. The Hall–Kier alpha value is -2.74. The number of rotatable bonds is 2. The van der Waals surface area contributed by atoms with Crippen molar-refractivity contribution in [3.8, 4) is 0 Å². The van der Waals surface area contributed by atoms with Gasteiger partial charge in [0, 0.05) is 18.8 Å². The molecule has 2 aliphatic heterocycles. The van der Waals surface area contributed by atoms with Crippen LogP contribution >= 0.6 is 0 Å². The quantitative estimate of drug-likeness (QED) is 0.806. The molecule has 0 radical (unpaired) electrons. The molecule has 2 saturated heterocycles. The fourth-order valence-corrected chi connectivity index (χ4v) is 3.65. The Balaban J connectivity index is 1.46. The van der Waals surface area contributed by atoms with Crippen LogP contribution in [0.2, 0.25) is 0 Å². The second-order valence-corrected chi connectivity index (χ2v) is 6.98. The van der Waals surface area contributed by atoms with Gasteiger partial charge in [-0.05, 0) is 44.0 Å². The molecule has 1 aromatic carbocycles. The fraction of sp³-hybridized carbons (Fsp3) is 0.421. The van der Waals surface area contributed by atoms with E-state index in [2.05, 4.69) is 4.98 Å². The monoisotopic (exact) mass is 373 g/mol. The summed E-state index contributed by atoms with van der Waals surface area (Å²) in [6.07, 6.45) is 2.49. The van der Waals surface area contributed by atoms with Crippen molar-refractivity contribution in [2.24, 2.45) is 0 Å². The minimum atomic E-state index is -0.502. The topological polar surface area (TPSA) is 75.9 Å². The van der Waals surface area contributed by atoms with Gasteiger partial charge in [0.15, 0.2) is 12.1 Å². The molecule has 2 aromatic rings. The van der Waals surface area contributed by atoms with Crippen LogP contribution in [0.3, 0.4) is 0 Å². The lowest BCUT2D eigenvalue weighted by molar-refractivity contribution is -0.143. The number of amides is 2. The molecule has 7 nitrogen and oxygen atoms in total. The molecule has 27 heavy (non-hydrogen) atoms. The summed E-state index contributed by atoms with van der Waals surface area (Å²) < 4.78 is 24.2. The highest BCUT2D eigenvalue weighted by atomic mass is 19.1. The van der Waals surface area contributed by atoms with Crippen LogP contribution in [-0.4, -0.2) is 53.5 Å². The van der Waals surface area contributed by atoms with Gasteiger partial charge in [0.2, 0.25) is 0 Å². The first kappa shape index (κ1) is 17.7. The number of halogens is 1.